The molecule has 180 valence electrons. The van der Waals surface area contributed by atoms with Crippen molar-refractivity contribution >= 4 is 17.4 Å². The maximum atomic E-state index is 13.9. The van der Waals surface area contributed by atoms with Gasteiger partial charge in [0.2, 0.25) is 0 Å². The van der Waals surface area contributed by atoms with E-state index in [0.29, 0.717) is 35.3 Å². The summed E-state index contributed by atoms with van der Waals surface area (Å²) in [6.07, 6.45) is -2.98. The third kappa shape index (κ3) is 6.21. The van der Waals surface area contributed by atoms with Gasteiger partial charge in [-0.15, -0.1) is 0 Å². The zero-order valence-corrected chi connectivity index (χ0v) is 18.8. The lowest BCUT2D eigenvalue weighted by molar-refractivity contribution is -0.140. The fraction of sp³-hybridized carbons (Fsp3) is 0.292. The van der Waals surface area contributed by atoms with Crippen molar-refractivity contribution in [2.45, 2.75) is 46.4 Å². The van der Waals surface area contributed by atoms with Crippen LogP contribution in [0.15, 0.2) is 41.5 Å². The predicted octanol–water partition coefficient (Wildman–Crippen LogP) is 6.39. The Morgan fingerprint density at radius 3 is 2.53 bits per heavy atom. The third-order valence-electron chi connectivity index (χ3n) is 5.07. The summed E-state index contributed by atoms with van der Waals surface area (Å²) in [7, 11) is 0. The predicted molar refractivity (Wildman–Crippen MR) is 119 cm³/mol. The molecular formula is C24H23F4N3O3. The Kier molecular flexibility index (Phi) is 7.38. The molecule has 1 aromatic heterocycles. The van der Waals surface area contributed by atoms with Gasteiger partial charge in [-0.1, -0.05) is 12.1 Å². The molecule has 0 saturated carbocycles. The Morgan fingerprint density at radius 1 is 1.15 bits per heavy atom. The van der Waals surface area contributed by atoms with E-state index in [1.54, 1.807) is 13.0 Å². The molecule has 10 heteroatoms. The van der Waals surface area contributed by atoms with Crippen LogP contribution in [0.3, 0.4) is 0 Å². The van der Waals surface area contributed by atoms with Crippen LogP contribution < -0.4 is 4.74 Å². The second-order valence-electron chi connectivity index (χ2n) is 7.88. The number of nitrogens with zero attached hydrogens (tertiary/aromatic N) is 2. The van der Waals surface area contributed by atoms with E-state index in [-0.39, 0.29) is 24.4 Å². The number of hydrogen-bond acceptors (Lipinski definition) is 4. The number of carbonyl (C=O) groups is 1. The van der Waals surface area contributed by atoms with Gasteiger partial charge < -0.3 is 14.8 Å². The average molecular weight is 477 g/mol. The monoisotopic (exact) mass is 477 g/mol. The molecule has 0 atom stereocenters. The lowest BCUT2D eigenvalue weighted by Gasteiger charge is -2.12. The molecule has 0 radical (unpaired) electrons. The first-order valence-corrected chi connectivity index (χ1v) is 10.3. The summed E-state index contributed by atoms with van der Waals surface area (Å²) in [5, 5.41) is 8.83. The SMILES string of the molecule is CC(CCC(=O)O)=Nc1cc(OCc2cnc(-c3ccc(C(F)(F)F)c(F)c3)[nH]2)c(C)cc1C. The van der Waals surface area contributed by atoms with Gasteiger partial charge in [-0.2, -0.15) is 13.2 Å². The number of aromatic nitrogens is 2. The first kappa shape index (κ1) is 24.9. The summed E-state index contributed by atoms with van der Waals surface area (Å²) in [5.41, 5.74) is 2.50. The van der Waals surface area contributed by atoms with Crippen molar-refractivity contribution in [2.75, 3.05) is 0 Å². The number of aliphatic carboxylic acids is 1. The van der Waals surface area contributed by atoms with Crippen molar-refractivity contribution in [2.24, 2.45) is 4.99 Å². The number of halogens is 4. The van der Waals surface area contributed by atoms with Crippen LogP contribution in [-0.4, -0.2) is 26.8 Å². The van der Waals surface area contributed by atoms with Gasteiger partial charge in [-0.05, 0) is 50.5 Å². The smallest absolute Gasteiger partial charge is 0.419 e. The Balaban J connectivity index is 1.74. The summed E-state index contributed by atoms with van der Waals surface area (Å²) in [6.45, 7) is 5.61. The second kappa shape index (κ2) is 10.1. The minimum atomic E-state index is -4.77. The number of nitrogens with one attached hydrogen (secondary N) is 1. The van der Waals surface area contributed by atoms with Crippen molar-refractivity contribution in [1.82, 2.24) is 9.97 Å². The van der Waals surface area contributed by atoms with Gasteiger partial charge >= 0.3 is 12.1 Å². The second-order valence-corrected chi connectivity index (χ2v) is 7.88. The number of alkyl halides is 3. The lowest BCUT2D eigenvalue weighted by atomic mass is 10.1. The van der Waals surface area contributed by atoms with E-state index in [1.165, 1.54) is 6.20 Å². The van der Waals surface area contributed by atoms with E-state index in [2.05, 4.69) is 15.0 Å². The van der Waals surface area contributed by atoms with Crippen molar-refractivity contribution in [1.29, 1.82) is 0 Å². The van der Waals surface area contributed by atoms with E-state index in [0.717, 1.165) is 23.3 Å². The molecule has 0 aliphatic rings. The van der Waals surface area contributed by atoms with Crippen LogP contribution in [0, 0.1) is 19.7 Å². The largest absolute Gasteiger partial charge is 0.487 e. The number of benzene rings is 2. The number of hydrogen-bond donors (Lipinski definition) is 2. The van der Waals surface area contributed by atoms with Gasteiger partial charge in [0.15, 0.2) is 0 Å². The summed E-state index contributed by atoms with van der Waals surface area (Å²) >= 11 is 0. The molecule has 6 nitrogen and oxygen atoms in total. The molecule has 3 rings (SSSR count). The Morgan fingerprint density at radius 2 is 1.88 bits per heavy atom. The molecule has 0 bridgehead atoms. The van der Waals surface area contributed by atoms with Crippen molar-refractivity contribution in [3.05, 3.63) is 64.7 Å². The molecule has 0 spiro atoms. The molecule has 0 aliphatic carbocycles. The maximum Gasteiger partial charge on any atom is 0.419 e. The van der Waals surface area contributed by atoms with E-state index >= 15 is 0 Å². The van der Waals surface area contributed by atoms with Crippen molar-refractivity contribution < 1.29 is 32.2 Å². The zero-order valence-electron chi connectivity index (χ0n) is 18.8. The number of H-pyrrole nitrogens is 1. The van der Waals surface area contributed by atoms with Gasteiger partial charge in [-0.25, -0.2) is 9.37 Å². The maximum absolute atomic E-state index is 13.9. The van der Waals surface area contributed by atoms with Crippen LogP contribution >= 0.6 is 0 Å². The molecule has 2 aromatic carbocycles. The van der Waals surface area contributed by atoms with Gasteiger partial charge in [0.1, 0.15) is 24.0 Å². The highest BCUT2D eigenvalue weighted by molar-refractivity contribution is 5.87. The van der Waals surface area contributed by atoms with Crippen LogP contribution in [-0.2, 0) is 17.6 Å². The van der Waals surface area contributed by atoms with E-state index in [1.807, 2.05) is 19.9 Å². The molecule has 0 fully saturated rings. The topological polar surface area (TPSA) is 87.6 Å². The van der Waals surface area contributed by atoms with Crippen LogP contribution in [0.25, 0.3) is 11.4 Å². The summed E-state index contributed by atoms with van der Waals surface area (Å²) < 4.78 is 58.0. The number of carboxylic acid groups (broad SMARTS) is 1. The lowest BCUT2D eigenvalue weighted by Crippen LogP contribution is -2.07. The molecule has 1 heterocycles. The quantitative estimate of drug-likeness (QED) is 0.291. The first-order chi connectivity index (χ1) is 15.9. The highest BCUT2D eigenvalue weighted by Crippen LogP contribution is 2.33. The summed E-state index contributed by atoms with van der Waals surface area (Å²) in [5.74, 6) is -1.49. The first-order valence-electron chi connectivity index (χ1n) is 10.3. The summed E-state index contributed by atoms with van der Waals surface area (Å²) in [4.78, 5) is 22.3. The fourth-order valence-corrected chi connectivity index (χ4v) is 3.27. The van der Waals surface area contributed by atoms with Crippen LogP contribution in [0.5, 0.6) is 5.75 Å². The Hall–Kier alpha value is -3.69. The molecule has 2 N–H and O–H groups in total. The Labute approximate surface area is 193 Å². The van der Waals surface area contributed by atoms with Crippen molar-refractivity contribution in [3.63, 3.8) is 0 Å². The molecule has 34 heavy (non-hydrogen) atoms. The Bertz CT molecular complexity index is 1230. The van der Waals surface area contributed by atoms with Crippen LogP contribution in [0.4, 0.5) is 23.2 Å². The number of imidazole rings is 1. The normalized spacial score (nSPS) is 12.1. The number of carboxylic acids is 1. The highest BCUT2D eigenvalue weighted by atomic mass is 19.4. The number of ether oxygens (including phenoxy) is 1. The van der Waals surface area contributed by atoms with Gasteiger partial charge in [0.25, 0.3) is 0 Å². The van der Waals surface area contributed by atoms with E-state index in [4.69, 9.17) is 9.84 Å². The van der Waals surface area contributed by atoms with Crippen molar-refractivity contribution in [3.8, 4) is 17.1 Å². The van der Waals surface area contributed by atoms with Gasteiger partial charge in [0, 0.05) is 17.3 Å². The number of aromatic amines is 1. The number of aliphatic imine (C=N–C) groups is 1. The standard InChI is InChI=1S/C24H23F4N3O3/c1-13-8-14(2)21(10-20(13)30-15(3)4-7-22(32)33)34-12-17-11-29-23(31-17)16-5-6-18(19(25)9-16)24(26,27)28/h5-6,8-11H,4,7,12H2,1-3H3,(H,29,31)(H,32,33). The van der Waals surface area contributed by atoms with Crippen LogP contribution in [0.2, 0.25) is 0 Å². The summed E-state index contributed by atoms with van der Waals surface area (Å²) in [6, 6.07) is 6.28. The average Bonchev–Trinajstić information content (AvgIpc) is 3.21. The third-order valence-corrected chi connectivity index (χ3v) is 5.07. The molecular weight excluding hydrogens is 454 g/mol. The zero-order chi connectivity index (χ0) is 25.0. The number of aryl methyl sites for hydroxylation is 2. The minimum Gasteiger partial charge on any atom is -0.487 e. The van der Waals surface area contributed by atoms with Gasteiger partial charge in [0.05, 0.1) is 29.6 Å². The molecule has 0 aliphatic heterocycles. The van der Waals surface area contributed by atoms with E-state index < -0.39 is 23.5 Å². The number of rotatable bonds is 8. The molecule has 0 unspecified atom stereocenters. The molecule has 0 amide bonds. The molecule has 3 aromatic rings. The van der Waals surface area contributed by atoms with Gasteiger partial charge in [-0.3, -0.25) is 9.79 Å². The van der Waals surface area contributed by atoms with E-state index in [9.17, 15) is 22.4 Å². The highest BCUT2D eigenvalue weighted by Gasteiger charge is 2.34. The minimum absolute atomic E-state index is 0.00537. The van der Waals surface area contributed by atoms with Crippen LogP contribution in [0.1, 0.15) is 42.1 Å². The fourth-order valence-electron chi connectivity index (χ4n) is 3.27. The molecule has 0 saturated heterocycles.